The molecule has 2 unspecified atom stereocenters. The zero-order valence-corrected chi connectivity index (χ0v) is 11.5. The van der Waals surface area contributed by atoms with Crippen LogP contribution in [-0.2, 0) is 4.79 Å². The maximum Gasteiger partial charge on any atom is 0.320 e. The summed E-state index contributed by atoms with van der Waals surface area (Å²) in [4.78, 5) is 22.2. The number of nitrogens with zero attached hydrogens (tertiary/aromatic N) is 3. The van der Waals surface area contributed by atoms with Crippen LogP contribution < -0.4 is 0 Å². The van der Waals surface area contributed by atoms with Gasteiger partial charge in [-0.2, -0.15) is 0 Å². The lowest BCUT2D eigenvalue weighted by Gasteiger charge is -2.32. The predicted octanol–water partition coefficient (Wildman–Crippen LogP) is 2.18. The fraction of sp³-hybridized carbons (Fsp3) is 0.643. The lowest BCUT2D eigenvalue weighted by atomic mass is 10.1. The van der Waals surface area contributed by atoms with E-state index in [0.717, 1.165) is 43.6 Å². The van der Waals surface area contributed by atoms with Crippen LogP contribution in [0.2, 0.25) is 0 Å². The summed E-state index contributed by atoms with van der Waals surface area (Å²) in [7, 11) is 0. The molecule has 0 saturated carbocycles. The van der Waals surface area contributed by atoms with E-state index >= 15 is 0 Å². The van der Waals surface area contributed by atoms with Gasteiger partial charge in [-0.1, -0.05) is 12.8 Å². The van der Waals surface area contributed by atoms with E-state index in [4.69, 9.17) is 0 Å². The molecule has 5 heteroatoms. The first-order valence-electron chi connectivity index (χ1n) is 6.87. The lowest BCUT2D eigenvalue weighted by Crippen LogP contribution is -2.42. The lowest BCUT2D eigenvalue weighted by molar-refractivity contribution is -0.144. The van der Waals surface area contributed by atoms with Crippen molar-refractivity contribution < 1.29 is 9.90 Å². The van der Waals surface area contributed by atoms with Crippen molar-refractivity contribution >= 4 is 5.97 Å². The third-order valence-electron chi connectivity index (χ3n) is 3.89. The minimum atomic E-state index is -0.727. The number of carboxylic acid groups (broad SMARTS) is 1. The Kier molecular flexibility index (Phi) is 4.47. The maximum atomic E-state index is 11.5. The Hall–Kier alpha value is -1.49. The van der Waals surface area contributed by atoms with E-state index in [2.05, 4.69) is 14.9 Å². The van der Waals surface area contributed by atoms with Crippen molar-refractivity contribution in [1.82, 2.24) is 14.9 Å². The molecule has 1 saturated heterocycles. The number of carbonyl (C=O) groups is 1. The molecule has 0 radical (unpaired) electrons. The second-order valence-electron chi connectivity index (χ2n) is 5.14. The van der Waals surface area contributed by atoms with Crippen molar-refractivity contribution in [3.8, 4) is 0 Å². The number of aliphatic carboxylic acids is 1. The zero-order chi connectivity index (χ0) is 13.8. The van der Waals surface area contributed by atoms with E-state index in [1.54, 1.807) is 12.4 Å². The molecule has 1 N–H and O–H groups in total. The van der Waals surface area contributed by atoms with E-state index in [1.807, 2.05) is 13.8 Å². The molecule has 104 valence electrons. The standard InChI is InChI=1S/C14H21N3O2/c1-10-13(16-8-7-15-10)11(2)17-9-5-3-4-6-12(17)14(18)19/h7-8,11-12H,3-6,9H2,1-2H3,(H,18,19). The molecule has 19 heavy (non-hydrogen) atoms. The minimum Gasteiger partial charge on any atom is -0.480 e. The molecule has 0 spiro atoms. The molecule has 5 nitrogen and oxygen atoms in total. The van der Waals surface area contributed by atoms with Crippen LogP contribution in [0.25, 0.3) is 0 Å². The van der Waals surface area contributed by atoms with Crippen LogP contribution in [0.4, 0.5) is 0 Å². The number of rotatable bonds is 3. The average molecular weight is 263 g/mol. The molecular weight excluding hydrogens is 242 g/mol. The van der Waals surface area contributed by atoms with Gasteiger partial charge >= 0.3 is 5.97 Å². The fourth-order valence-electron chi connectivity index (χ4n) is 2.84. The van der Waals surface area contributed by atoms with Crippen LogP contribution in [0.3, 0.4) is 0 Å². The monoisotopic (exact) mass is 263 g/mol. The Morgan fingerprint density at radius 1 is 1.37 bits per heavy atom. The molecule has 2 rings (SSSR count). The van der Waals surface area contributed by atoms with Gasteiger partial charge in [-0.05, 0) is 33.2 Å². The third kappa shape index (κ3) is 3.10. The molecular formula is C14H21N3O2. The zero-order valence-electron chi connectivity index (χ0n) is 11.5. The second kappa shape index (κ2) is 6.10. The van der Waals surface area contributed by atoms with Crippen LogP contribution in [-0.4, -0.2) is 38.5 Å². The number of carboxylic acids is 1. The Morgan fingerprint density at radius 3 is 2.79 bits per heavy atom. The van der Waals surface area contributed by atoms with E-state index in [9.17, 15) is 9.90 Å². The molecule has 2 heterocycles. The van der Waals surface area contributed by atoms with Crippen LogP contribution in [0.5, 0.6) is 0 Å². The number of hydrogen-bond donors (Lipinski definition) is 1. The smallest absolute Gasteiger partial charge is 0.320 e. The van der Waals surface area contributed by atoms with Gasteiger partial charge in [0.05, 0.1) is 17.4 Å². The van der Waals surface area contributed by atoms with Crippen LogP contribution in [0.1, 0.15) is 50.0 Å². The van der Waals surface area contributed by atoms with Gasteiger partial charge in [0.1, 0.15) is 6.04 Å². The Labute approximate surface area is 113 Å². The van der Waals surface area contributed by atoms with Crippen LogP contribution in [0, 0.1) is 6.92 Å². The van der Waals surface area contributed by atoms with Crippen LogP contribution >= 0.6 is 0 Å². The van der Waals surface area contributed by atoms with Crippen LogP contribution in [0.15, 0.2) is 12.4 Å². The van der Waals surface area contributed by atoms with Gasteiger partial charge in [0.15, 0.2) is 0 Å². The van der Waals surface area contributed by atoms with Crippen molar-refractivity contribution in [2.24, 2.45) is 0 Å². The molecule has 1 aromatic rings. The summed E-state index contributed by atoms with van der Waals surface area (Å²) < 4.78 is 0. The summed E-state index contributed by atoms with van der Waals surface area (Å²) >= 11 is 0. The summed E-state index contributed by atoms with van der Waals surface area (Å²) in [6, 6.07) is -0.410. The first-order valence-corrected chi connectivity index (χ1v) is 6.87. The predicted molar refractivity (Wildman–Crippen MR) is 71.8 cm³/mol. The van der Waals surface area contributed by atoms with E-state index < -0.39 is 12.0 Å². The van der Waals surface area contributed by atoms with E-state index in [1.165, 1.54) is 0 Å². The highest BCUT2D eigenvalue weighted by Crippen LogP contribution is 2.27. The molecule has 0 amide bonds. The maximum absolute atomic E-state index is 11.5. The Balaban J connectivity index is 2.26. The summed E-state index contributed by atoms with van der Waals surface area (Å²) in [6.45, 7) is 4.76. The second-order valence-corrected chi connectivity index (χ2v) is 5.14. The first kappa shape index (κ1) is 13.9. The highest BCUT2D eigenvalue weighted by molar-refractivity contribution is 5.73. The third-order valence-corrected chi connectivity index (χ3v) is 3.89. The number of aromatic nitrogens is 2. The molecule has 1 aromatic heterocycles. The largest absolute Gasteiger partial charge is 0.480 e. The van der Waals surface area contributed by atoms with Crippen molar-refractivity contribution in [3.63, 3.8) is 0 Å². The normalized spacial score (nSPS) is 22.7. The van der Waals surface area contributed by atoms with Gasteiger partial charge in [0.25, 0.3) is 0 Å². The summed E-state index contributed by atoms with van der Waals surface area (Å²) in [5.41, 5.74) is 1.76. The highest BCUT2D eigenvalue weighted by atomic mass is 16.4. The van der Waals surface area contributed by atoms with E-state index in [0.29, 0.717) is 0 Å². The molecule has 1 fully saturated rings. The van der Waals surface area contributed by atoms with Crippen molar-refractivity contribution in [3.05, 3.63) is 23.8 Å². The van der Waals surface area contributed by atoms with Gasteiger partial charge in [-0.15, -0.1) is 0 Å². The quantitative estimate of drug-likeness (QED) is 0.905. The minimum absolute atomic E-state index is 0.00657. The molecule has 1 aliphatic heterocycles. The Bertz CT molecular complexity index is 450. The van der Waals surface area contributed by atoms with Crippen molar-refractivity contribution in [2.45, 2.75) is 51.6 Å². The van der Waals surface area contributed by atoms with Gasteiger partial charge in [-0.25, -0.2) is 0 Å². The van der Waals surface area contributed by atoms with Gasteiger partial charge in [0, 0.05) is 12.4 Å². The van der Waals surface area contributed by atoms with Gasteiger partial charge in [0.2, 0.25) is 0 Å². The topological polar surface area (TPSA) is 66.3 Å². The molecule has 0 aromatic carbocycles. The first-order chi connectivity index (χ1) is 9.11. The Morgan fingerprint density at radius 2 is 2.11 bits per heavy atom. The van der Waals surface area contributed by atoms with Gasteiger partial charge < -0.3 is 5.11 Å². The molecule has 0 aliphatic carbocycles. The summed E-state index contributed by atoms with van der Waals surface area (Å²) in [5.74, 6) is -0.727. The van der Waals surface area contributed by atoms with Gasteiger partial charge in [-0.3, -0.25) is 19.7 Å². The molecule has 2 atom stereocenters. The van der Waals surface area contributed by atoms with E-state index in [-0.39, 0.29) is 6.04 Å². The number of hydrogen-bond acceptors (Lipinski definition) is 4. The molecule has 0 bridgehead atoms. The summed E-state index contributed by atoms with van der Waals surface area (Å²) in [6.07, 6.45) is 7.20. The summed E-state index contributed by atoms with van der Waals surface area (Å²) in [5, 5.41) is 9.42. The number of aryl methyl sites for hydroxylation is 1. The number of likely N-dealkylation sites (tertiary alicyclic amines) is 1. The molecule has 1 aliphatic rings. The highest BCUT2D eigenvalue weighted by Gasteiger charge is 2.32. The average Bonchev–Trinajstić information content (AvgIpc) is 2.64. The SMILES string of the molecule is Cc1nccnc1C(C)N1CCCCCC1C(=O)O. The van der Waals surface area contributed by atoms with Crippen molar-refractivity contribution in [2.75, 3.05) is 6.54 Å². The fourth-order valence-corrected chi connectivity index (χ4v) is 2.84. The van der Waals surface area contributed by atoms with Crippen molar-refractivity contribution in [1.29, 1.82) is 0 Å².